The molecule has 0 saturated carbocycles. The van der Waals surface area contributed by atoms with E-state index in [1.165, 1.54) is 12.4 Å². The van der Waals surface area contributed by atoms with Gasteiger partial charge < -0.3 is 0 Å². The van der Waals surface area contributed by atoms with Crippen molar-refractivity contribution in [3.63, 3.8) is 0 Å². The van der Waals surface area contributed by atoms with Crippen LogP contribution >= 0.6 is 23.2 Å². The molecule has 0 aliphatic carbocycles. The predicted molar refractivity (Wildman–Crippen MR) is 93.9 cm³/mol. The fraction of sp³-hybridized carbons (Fsp3) is 0. The molecule has 0 saturated heterocycles. The Morgan fingerprint density at radius 1 is 1.00 bits per heavy atom. The standard InChI is InChI=1S/C17H9Cl2N5O/c18-12-9-22-15(19)7-10(12)14-4-6-21-17-11(8-23-24(14)17)16(25)13-3-1-2-5-20-13/h1-9H. The number of ketones is 1. The number of carbonyl (C=O) groups is 1. The first-order valence-corrected chi connectivity index (χ1v) is 8.00. The molecule has 122 valence electrons. The lowest BCUT2D eigenvalue weighted by Crippen LogP contribution is -2.04. The van der Waals surface area contributed by atoms with Gasteiger partial charge in [-0.3, -0.25) is 9.78 Å². The smallest absolute Gasteiger partial charge is 0.216 e. The first-order valence-electron chi connectivity index (χ1n) is 7.25. The van der Waals surface area contributed by atoms with Crippen LogP contribution in [-0.2, 0) is 0 Å². The Balaban J connectivity index is 1.89. The summed E-state index contributed by atoms with van der Waals surface area (Å²) in [6.45, 7) is 0. The van der Waals surface area contributed by atoms with Crippen LogP contribution in [-0.4, -0.2) is 30.3 Å². The molecule has 0 aliphatic heterocycles. The van der Waals surface area contributed by atoms with E-state index in [1.54, 1.807) is 47.2 Å². The van der Waals surface area contributed by atoms with E-state index in [9.17, 15) is 4.79 Å². The molecule has 0 aliphatic rings. The van der Waals surface area contributed by atoms with Crippen LogP contribution in [0.15, 0.2) is 55.1 Å². The fourth-order valence-electron chi connectivity index (χ4n) is 2.50. The second-order valence-corrected chi connectivity index (χ2v) is 5.95. The van der Waals surface area contributed by atoms with Crippen molar-refractivity contribution >= 4 is 34.6 Å². The minimum atomic E-state index is -0.251. The zero-order valence-corrected chi connectivity index (χ0v) is 14.1. The van der Waals surface area contributed by atoms with E-state index in [4.69, 9.17) is 23.2 Å². The molecule has 0 bridgehead atoms. The lowest BCUT2D eigenvalue weighted by molar-refractivity contribution is 0.103. The highest BCUT2D eigenvalue weighted by Gasteiger charge is 2.19. The summed E-state index contributed by atoms with van der Waals surface area (Å²) in [7, 11) is 0. The van der Waals surface area contributed by atoms with Crippen molar-refractivity contribution in [3.8, 4) is 11.3 Å². The van der Waals surface area contributed by atoms with Gasteiger partial charge in [0.2, 0.25) is 5.78 Å². The Morgan fingerprint density at radius 3 is 2.68 bits per heavy atom. The van der Waals surface area contributed by atoms with Crippen molar-refractivity contribution in [2.45, 2.75) is 0 Å². The molecular formula is C17H9Cl2N5O. The van der Waals surface area contributed by atoms with E-state index >= 15 is 0 Å². The first kappa shape index (κ1) is 15.7. The number of fused-ring (bicyclic) bond motifs is 1. The normalized spacial score (nSPS) is 11.0. The number of nitrogens with zero attached hydrogens (tertiary/aromatic N) is 5. The number of aromatic nitrogens is 5. The SMILES string of the molecule is O=C(c1ccccn1)c1cnn2c(-c3cc(Cl)ncc3Cl)ccnc12. The second-order valence-electron chi connectivity index (χ2n) is 5.15. The molecule has 4 heterocycles. The lowest BCUT2D eigenvalue weighted by atomic mass is 10.1. The largest absolute Gasteiger partial charge is 0.287 e. The Labute approximate surface area is 152 Å². The third-order valence-electron chi connectivity index (χ3n) is 3.64. The summed E-state index contributed by atoms with van der Waals surface area (Å²) in [5.41, 5.74) is 2.40. The molecule has 25 heavy (non-hydrogen) atoms. The monoisotopic (exact) mass is 369 g/mol. The van der Waals surface area contributed by atoms with Gasteiger partial charge in [-0.2, -0.15) is 5.10 Å². The molecule has 0 aromatic carbocycles. The van der Waals surface area contributed by atoms with Crippen molar-refractivity contribution in [2.75, 3.05) is 0 Å². The highest BCUT2D eigenvalue weighted by Crippen LogP contribution is 2.29. The summed E-state index contributed by atoms with van der Waals surface area (Å²) in [5.74, 6) is -0.251. The van der Waals surface area contributed by atoms with Crippen molar-refractivity contribution in [1.82, 2.24) is 24.6 Å². The highest BCUT2D eigenvalue weighted by molar-refractivity contribution is 6.34. The van der Waals surface area contributed by atoms with Gasteiger partial charge in [-0.1, -0.05) is 29.3 Å². The van der Waals surface area contributed by atoms with E-state index in [-0.39, 0.29) is 5.78 Å². The number of pyridine rings is 2. The summed E-state index contributed by atoms with van der Waals surface area (Å²) < 4.78 is 1.55. The Kier molecular flexibility index (Phi) is 3.91. The van der Waals surface area contributed by atoms with E-state index in [0.29, 0.717) is 38.3 Å². The Hall–Kier alpha value is -2.83. The number of carbonyl (C=O) groups excluding carboxylic acids is 1. The second kappa shape index (κ2) is 6.23. The summed E-state index contributed by atoms with van der Waals surface area (Å²) in [6.07, 6.45) is 6.09. The minimum Gasteiger partial charge on any atom is -0.287 e. The van der Waals surface area contributed by atoms with Crippen LogP contribution in [0.4, 0.5) is 0 Å². The molecule has 8 heteroatoms. The van der Waals surface area contributed by atoms with Crippen LogP contribution in [0.3, 0.4) is 0 Å². The van der Waals surface area contributed by atoms with Gasteiger partial charge in [0.1, 0.15) is 10.8 Å². The van der Waals surface area contributed by atoms with Crippen molar-refractivity contribution < 1.29 is 4.79 Å². The molecule has 0 spiro atoms. The average Bonchev–Trinajstić information content (AvgIpc) is 3.08. The molecule has 0 unspecified atom stereocenters. The van der Waals surface area contributed by atoms with Crippen LogP contribution in [0.1, 0.15) is 16.1 Å². The van der Waals surface area contributed by atoms with Gasteiger partial charge in [0.25, 0.3) is 0 Å². The summed E-state index contributed by atoms with van der Waals surface area (Å²) in [5, 5.41) is 5.02. The van der Waals surface area contributed by atoms with E-state index in [1.807, 2.05) is 0 Å². The number of hydrogen-bond acceptors (Lipinski definition) is 5. The molecular weight excluding hydrogens is 361 g/mol. The first-order chi connectivity index (χ1) is 12.1. The average molecular weight is 370 g/mol. The van der Waals surface area contributed by atoms with Crippen LogP contribution in [0.2, 0.25) is 10.2 Å². The number of hydrogen-bond donors (Lipinski definition) is 0. The molecule has 4 aromatic heterocycles. The zero-order valence-electron chi connectivity index (χ0n) is 12.6. The maximum absolute atomic E-state index is 12.7. The molecule has 0 amide bonds. The maximum Gasteiger partial charge on any atom is 0.216 e. The van der Waals surface area contributed by atoms with E-state index in [2.05, 4.69) is 20.1 Å². The van der Waals surface area contributed by atoms with Crippen LogP contribution in [0.5, 0.6) is 0 Å². The van der Waals surface area contributed by atoms with Crippen molar-refractivity contribution in [2.24, 2.45) is 0 Å². The van der Waals surface area contributed by atoms with Gasteiger partial charge in [-0.05, 0) is 24.3 Å². The third kappa shape index (κ3) is 2.75. The highest BCUT2D eigenvalue weighted by atomic mass is 35.5. The molecule has 0 N–H and O–H groups in total. The molecule has 0 radical (unpaired) electrons. The van der Waals surface area contributed by atoms with Crippen molar-refractivity contribution in [1.29, 1.82) is 0 Å². The molecule has 4 aromatic rings. The van der Waals surface area contributed by atoms with Gasteiger partial charge in [-0.15, -0.1) is 0 Å². The van der Waals surface area contributed by atoms with Crippen LogP contribution in [0, 0.1) is 0 Å². The Bertz CT molecular complexity index is 1090. The lowest BCUT2D eigenvalue weighted by Gasteiger charge is -2.07. The third-order valence-corrected chi connectivity index (χ3v) is 4.15. The number of halogens is 2. The maximum atomic E-state index is 12.7. The topological polar surface area (TPSA) is 73.0 Å². The molecule has 4 rings (SSSR count). The van der Waals surface area contributed by atoms with E-state index in [0.717, 1.165) is 0 Å². The van der Waals surface area contributed by atoms with E-state index < -0.39 is 0 Å². The van der Waals surface area contributed by atoms with Gasteiger partial charge in [0.15, 0.2) is 5.65 Å². The fourth-order valence-corrected chi connectivity index (χ4v) is 2.86. The summed E-state index contributed by atoms with van der Waals surface area (Å²) >= 11 is 12.2. The van der Waals surface area contributed by atoms with Crippen LogP contribution < -0.4 is 0 Å². The van der Waals surface area contributed by atoms with Crippen LogP contribution in [0.25, 0.3) is 16.9 Å². The van der Waals surface area contributed by atoms with Gasteiger partial charge in [-0.25, -0.2) is 14.5 Å². The van der Waals surface area contributed by atoms with Gasteiger partial charge in [0, 0.05) is 24.2 Å². The van der Waals surface area contributed by atoms with Crippen molar-refractivity contribution in [3.05, 3.63) is 76.6 Å². The summed E-state index contributed by atoms with van der Waals surface area (Å²) in [6, 6.07) is 8.53. The minimum absolute atomic E-state index is 0.251. The van der Waals surface area contributed by atoms with Gasteiger partial charge in [0.05, 0.1) is 22.5 Å². The summed E-state index contributed by atoms with van der Waals surface area (Å²) in [4.78, 5) is 25.0. The predicted octanol–water partition coefficient (Wildman–Crippen LogP) is 3.72. The molecule has 0 atom stereocenters. The Morgan fingerprint density at radius 2 is 1.88 bits per heavy atom. The van der Waals surface area contributed by atoms with Gasteiger partial charge >= 0.3 is 0 Å². The zero-order chi connectivity index (χ0) is 17.4. The molecule has 0 fully saturated rings. The molecule has 6 nitrogen and oxygen atoms in total. The quantitative estimate of drug-likeness (QED) is 0.406. The number of rotatable bonds is 3.